The summed E-state index contributed by atoms with van der Waals surface area (Å²) in [4.78, 5) is 0. The van der Waals surface area contributed by atoms with E-state index in [2.05, 4.69) is 5.32 Å². The van der Waals surface area contributed by atoms with Crippen molar-refractivity contribution in [3.05, 3.63) is 36.1 Å². The maximum atomic E-state index is 14.7. The molecule has 0 aliphatic carbocycles. The zero-order chi connectivity index (χ0) is 14.0. The maximum Gasteiger partial charge on any atom is 0.277 e. The van der Waals surface area contributed by atoms with Crippen LogP contribution in [0.1, 0.15) is 5.56 Å². The van der Waals surface area contributed by atoms with Gasteiger partial charge in [0.15, 0.2) is 0 Å². The summed E-state index contributed by atoms with van der Waals surface area (Å²) in [6.45, 7) is -0.735. The third-order valence-corrected chi connectivity index (χ3v) is 3.25. The summed E-state index contributed by atoms with van der Waals surface area (Å²) in [5, 5.41) is 12.0. The van der Waals surface area contributed by atoms with Crippen molar-refractivity contribution in [2.45, 2.75) is 18.1 Å². The van der Waals surface area contributed by atoms with Crippen molar-refractivity contribution < 1.29 is 22.7 Å². The van der Waals surface area contributed by atoms with E-state index in [4.69, 9.17) is 9.52 Å². The molecule has 0 aliphatic rings. The molecular formula is C13H14F3NO2. The van der Waals surface area contributed by atoms with Crippen LogP contribution in [0.2, 0.25) is 0 Å². The van der Waals surface area contributed by atoms with Gasteiger partial charge in [-0.25, -0.2) is 13.2 Å². The van der Waals surface area contributed by atoms with Crippen LogP contribution in [0.5, 0.6) is 0 Å². The number of aliphatic hydroxyl groups is 1. The van der Waals surface area contributed by atoms with Gasteiger partial charge in [-0.15, -0.1) is 0 Å². The van der Waals surface area contributed by atoms with E-state index in [9.17, 15) is 13.2 Å². The van der Waals surface area contributed by atoms with Crippen molar-refractivity contribution in [3.8, 4) is 0 Å². The monoisotopic (exact) mass is 273 g/mol. The van der Waals surface area contributed by atoms with Crippen molar-refractivity contribution >= 4 is 11.0 Å². The fourth-order valence-electron chi connectivity index (χ4n) is 2.12. The van der Waals surface area contributed by atoms with Gasteiger partial charge in [-0.3, -0.25) is 0 Å². The molecule has 0 radical (unpaired) electrons. The second kappa shape index (κ2) is 5.22. The van der Waals surface area contributed by atoms with E-state index in [1.165, 1.54) is 31.5 Å². The second-order valence-corrected chi connectivity index (χ2v) is 4.27. The number of nitrogens with one attached hydrogen (secondary N) is 1. The highest BCUT2D eigenvalue weighted by Gasteiger charge is 2.48. The first-order valence-electron chi connectivity index (χ1n) is 5.77. The van der Waals surface area contributed by atoms with Gasteiger partial charge in [0.1, 0.15) is 5.58 Å². The van der Waals surface area contributed by atoms with Crippen molar-refractivity contribution in [1.82, 2.24) is 5.32 Å². The lowest BCUT2D eigenvalue weighted by molar-refractivity contribution is -0.0731. The number of furan rings is 1. The van der Waals surface area contributed by atoms with Gasteiger partial charge < -0.3 is 14.8 Å². The molecule has 0 aliphatic heterocycles. The minimum absolute atomic E-state index is 0.190. The van der Waals surface area contributed by atoms with Gasteiger partial charge in [0.2, 0.25) is 5.67 Å². The van der Waals surface area contributed by atoms with E-state index in [-0.39, 0.29) is 5.56 Å². The van der Waals surface area contributed by atoms with E-state index in [1.807, 2.05) is 0 Å². The Bertz CT molecular complexity index is 554. The zero-order valence-corrected chi connectivity index (χ0v) is 10.2. The second-order valence-electron chi connectivity index (χ2n) is 4.27. The molecule has 1 aromatic carbocycles. The summed E-state index contributed by atoms with van der Waals surface area (Å²) in [5.41, 5.74) is -2.66. The van der Waals surface area contributed by atoms with E-state index < -0.39 is 24.7 Å². The zero-order valence-electron chi connectivity index (χ0n) is 10.2. The Morgan fingerprint density at radius 3 is 2.68 bits per heavy atom. The molecule has 104 valence electrons. The summed E-state index contributed by atoms with van der Waals surface area (Å²) in [5.74, 6) is 0. The first-order valence-corrected chi connectivity index (χ1v) is 5.77. The van der Waals surface area contributed by atoms with Crippen LogP contribution in [0, 0.1) is 0 Å². The van der Waals surface area contributed by atoms with Crippen LogP contribution >= 0.6 is 0 Å². The topological polar surface area (TPSA) is 45.4 Å². The Morgan fingerprint density at radius 1 is 1.37 bits per heavy atom. The minimum Gasteiger partial charge on any atom is -0.464 e. The molecule has 1 aromatic heterocycles. The molecule has 2 rings (SSSR count). The lowest BCUT2D eigenvalue weighted by Gasteiger charge is -2.32. The Hall–Kier alpha value is -1.53. The number of benzene rings is 1. The molecule has 0 amide bonds. The SMILES string of the molecule is CNC(CO)C(F)(c1ccc2occc2c1)C(F)F. The molecular weight excluding hydrogens is 259 g/mol. The molecule has 3 nitrogen and oxygen atoms in total. The normalized spacial score (nSPS) is 16.7. The van der Waals surface area contributed by atoms with E-state index >= 15 is 0 Å². The standard InChI is InChI=1S/C13H14F3NO2/c1-17-11(7-18)13(16,12(14)15)9-2-3-10-8(6-9)4-5-19-10/h2-6,11-12,17-18H,7H2,1H3. The number of likely N-dealkylation sites (N-methyl/N-ethyl adjacent to an activating group) is 1. The van der Waals surface area contributed by atoms with Crippen LogP contribution < -0.4 is 5.32 Å². The molecule has 0 saturated heterocycles. The average molecular weight is 273 g/mol. The van der Waals surface area contributed by atoms with E-state index in [0.29, 0.717) is 11.0 Å². The van der Waals surface area contributed by atoms with Gasteiger partial charge in [-0.1, -0.05) is 6.07 Å². The summed E-state index contributed by atoms with van der Waals surface area (Å²) < 4.78 is 46.2. The van der Waals surface area contributed by atoms with E-state index in [1.54, 1.807) is 6.07 Å². The molecule has 1 heterocycles. The third kappa shape index (κ3) is 2.21. The van der Waals surface area contributed by atoms with Crippen LogP contribution in [-0.4, -0.2) is 31.2 Å². The summed E-state index contributed by atoms with van der Waals surface area (Å²) >= 11 is 0. The van der Waals surface area contributed by atoms with Crippen LogP contribution in [0.25, 0.3) is 11.0 Å². The maximum absolute atomic E-state index is 14.7. The summed E-state index contributed by atoms with van der Waals surface area (Å²) in [6, 6.07) is 4.17. The lowest BCUT2D eigenvalue weighted by Crippen LogP contribution is -2.51. The number of alkyl halides is 3. The first kappa shape index (κ1) is 13.9. The highest BCUT2D eigenvalue weighted by atomic mass is 19.3. The number of rotatable bonds is 5. The Morgan fingerprint density at radius 2 is 2.11 bits per heavy atom. The fourth-order valence-corrected chi connectivity index (χ4v) is 2.12. The number of hydrogen-bond donors (Lipinski definition) is 2. The number of aliphatic hydroxyl groups excluding tert-OH is 1. The summed E-state index contributed by atoms with van der Waals surface area (Å²) in [7, 11) is 1.33. The average Bonchev–Trinajstić information content (AvgIpc) is 2.86. The molecule has 2 aromatic rings. The Kier molecular flexibility index (Phi) is 3.82. The number of fused-ring (bicyclic) bond motifs is 1. The molecule has 2 unspecified atom stereocenters. The van der Waals surface area contributed by atoms with Gasteiger partial charge in [-0.2, -0.15) is 0 Å². The number of hydrogen-bond acceptors (Lipinski definition) is 3. The molecule has 0 bridgehead atoms. The number of halogens is 3. The lowest BCUT2D eigenvalue weighted by atomic mass is 9.88. The van der Waals surface area contributed by atoms with Gasteiger partial charge in [-0.05, 0) is 30.8 Å². The third-order valence-electron chi connectivity index (χ3n) is 3.25. The van der Waals surface area contributed by atoms with Crippen molar-refractivity contribution in [2.75, 3.05) is 13.7 Å². The van der Waals surface area contributed by atoms with Crippen LogP contribution in [-0.2, 0) is 5.67 Å². The minimum atomic E-state index is -3.26. The highest BCUT2D eigenvalue weighted by Crippen LogP contribution is 2.37. The molecule has 0 fully saturated rings. The van der Waals surface area contributed by atoms with Crippen LogP contribution in [0.15, 0.2) is 34.9 Å². The van der Waals surface area contributed by atoms with Crippen molar-refractivity contribution in [2.24, 2.45) is 0 Å². The predicted octanol–water partition coefficient (Wildman–Crippen LogP) is 2.44. The summed E-state index contributed by atoms with van der Waals surface area (Å²) in [6.07, 6.45) is -1.86. The predicted molar refractivity (Wildman–Crippen MR) is 64.9 cm³/mol. The molecule has 0 saturated carbocycles. The molecule has 0 spiro atoms. The first-order chi connectivity index (χ1) is 9.03. The van der Waals surface area contributed by atoms with Gasteiger partial charge in [0, 0.05) is 5.39 Å². The van der Waals surface area contributed by atoms with Crippen LogP contribution in [0.4, 0.5) is 13.2 Å². The van der Waals surface area contributed by atoms with Gasteiger partial charge in [0.25, 0.3) is 6.43 Å². The highest BCUT2D eigenvalue weighted by molar-refractivity contribution is 5.78. The quantitative estimate of drug-likeness (QED) is 0.879. The molecule has 19 heavy (non-hydrogen) atoms. The molecule has 2 atom stereocenters. The van der Waals surface area contributed by atoms with Crippen molar-refractivity contribution in [1.29, 1.82) is 0 Å². The van der Waals surface area contributed by atoms with Gasteiger partial charge in [0.05, 0.1) is 18.9 Å². The molecule has 6 heteroatoms. The Balaban J connectivity index is 2.53. The van der Waals surface area contributed by atoms with Gasteiger partial charge >= 0.3 is 0 Å². The fraction of sp³-hybridized carbons (Fsp3) is 0.385. The smallest absolute Gasteiger partial charge is 0.277 e. The van der Waals surface area contributed by atoms with Crippen molar-refractivity contribution in [3.63, 3.8) is 0 Å². The van der Waals surface area contributed by atoms with E-state index in [0.717, 1.165) is 0 Å². The largest absolute Gasteiger partial charge is 0.464 e. The Labute approximate surface area is 108 Å². The van der Waals surface area contributed by atoms with Crippen LogP contribution in [0.3, 0.4) is 0 Å². The molecule has 2 N–H and O–H groups in total.